The summed E-state index contributed by atoms with van der Waals surface area (Å²) < 4.78 is 13.0. The highest BCUT2D eigenvalue weighted by Gasteiger charge is 2.34. The first kappa shape index (κ1) is 23.4. The Morgan fingerprint density at radius 1 is 1.15 bits per heavy atom. The fraction of sp³-hybridized carbons (Fsp3) is 0.529. The summed E-state index contributed by atoms with van der Waals surface area (Å²) in [7, 11) is 0. The molecule has 1 unspecified atom stereocenters. The fourth-order valence-corrected chi connectivity index (χ4v) is 3.38. The van der Waals surface area contributed by atoms with E-state index in [1.54, 1.807) is 12.1 Å². The van der Waals surface area contributed by atoms with Crippen molar-refractivity contribution in [3.63, 3.8) is 0 Å². The van der Waals surface area contributed by atoms with E-state index >= 15 is 0 Å². The average Bonchev–Trinajstić information content (AvgIpc) is 3.10. The molecule has 27 heavy (non-hydrogen) atoms. The van der Waals surface area contributed by atoms with Crippen molar-refractivity contribution in [3.8, 4) is 0 Å². The number of carbonyl (C=O) groups is 2. The monoisotopic (exact) mass is 421 g/mol. The quantitative estimate of drug-likeness (QED) is 0.642. The maximum absolute atomic E-state index is 13.0. The molecule has 0 bridgehead atoms. The second-order valence-corrected chi connectivity index (χ2v) is 6.45. The largest absolute Gasteiger partial charge is 0.368 e. The fourth-order valence-electron chi connectivity index (χ4n) is 3.38. The number of benzene rings is 1. The molecule has 10 heteroatoms. The number of nitrogens with zero attached hydrogens (tertiary/aromatic N) is 2. The lowest BCUT2D eigenvalue weighted by atomic mass is 10.1. The molecule has 1 aromatic rings. The zero-order chi connectivity index (χ0) is 17.8. The zero-order valence-corrected chi connectivity index (χ0v) is 16.5. The minimum atomic E-state index is -0.263. The lowest BCUT2D eigenvalue weighted by Gasteiger charge is -2.37. The third kappa shape index (κ3) is 5.93. The van der Waals surface area contributed by atoms with Crippen molar-refractivity contribution < 1.29 is 14.0 Å². The van der Waals surface area contributed by atoms with Crippen LogP contribution in [-0.2, 0) is 9.59 Å². The van der Waals surface area contributed by atoms with E-state index in [-0.39, 0.29) is 61.1 Å². The Labute approximate surface area is 170 Å². The van der Waals surface area contributed by atoms with Gasteiger partial charge in [-0.05, 0) is 30.7 Å². The Kier molecular flexibility index (Phi) is 9.25. The summed E-state index contributed by atoms with van der Waals surface area (Å²) in [6, 6.07) is 6.11. The van der Waals surface area contributed by atoms with Crippen molar-refractivity contribution in [1.29, 1.82) is 0 Å². The lowest BCUT2D eigenvalue weighted by molar-refractivity contribution is -0.133. The van der Waals surface area contributed by atoms with Crippen LogP contribution in [0.1, 0.15) is 6.42 Å². The predicted octanol–water partition coefficient (Wildman–Crippen LogP) is 0.123. The zero-order valence-electron chi connectivity index (χ0n) is 14.9. The number of rotatable bonds is 4. The summed E-state index contributed by atoms with van der Waals surface area (Å²) in [5, 5.41) is 5.99. The van der Waals surface area contributed by atoms with Crippen LogP contribution in [0.25, 0.3) is 0 Å². The topological polar surface area (TPSA) is 90.7 Å². The second-order valence-electron chi connectivity index (χ2n) is 6.45. The third-order valence-electron chi connectivity index (χ3n) is 4.76. The first-order valence-electron chi connectivity index (χ1n) is 8.59. The van der Waals surface area contributed by atoms with E-state index in [2.05, 4.69) is 15.5 Å². The van der Waals surface area contributed by atoms with Gasteiger partial charge in [0.05, 0.1) is 12.6 Å². The van der Waals surface area contributed by atoms with Gasteiger partial charge in [-0.25, -0.2) is 4.39 Å². The Bertz CT molecular complexity index is 626. The summed E-state index contributed by atoms with van der Waals surface area (Å²) in [6.45, 7) is 3.25. The van der Waals surface area contributed by atoms with E-state index in [9.17, 15) is 14.0 Å². The van der Waals surface area contributed by atoms with Crippen LogP contribution < -0.4 is 21.3 Å². The number of hydrogen-bond acceptors (Lipinski definition) is 5. The lowest BCUT2D eigenvalue weighted by Crippen LogP contribution is -2.53. The standard InChI is InChI=1S/C17H24FN5O2.2ClH/c18-12-1-3-14(4-2-12)22-5-7-23(8-6-22)17(25)15-9-13(11-20-15)21-16(24)10-19;;/h1-4,13,15,20H,5-11,19H2,(H,21,24);2*1H/t13?,15-;;/m1../s1. The molecule has 2 fully saturated rings. The van der Waals surface area contributed by atoms with Crippen LogP contribution in [0.2, 0.25) is 0 Å². The van der Waals surface area contributed by atoms with Gasteiger partial charge in [0.15, 0.2) is 0 Å². The first-order chi connectivity index (χ1) is 12.1. The van der Waals surface area contributed by atoms with Crippen molar-refractivity contribution in [3.05, 3.63) is 30.1 Å². The summed E-state index contributed by atoms with van der Waals surface area (Å²) in [4.78, 5) is 28.0. The van der Waals surface area contributed by atoms with Crippen molar-refractivity contribution >= 4 is 42.3 Å². The number of nitrogens with one attached hydrogen (secondary N) is 2. The molecular weight excluding hydrogens is 396 g/mol. The highest BCUT2D eigenvalue weighted by atomic mass is 35.5. The maximum Gasteiger partial charge on any atom is 0.239 e. The molecule has 0 saturated carbocycles. The molecule has 2 atom stereocenters. The predicted molar refractivity (Wildman–Crippen MR) is 107 cm³/mol. The molecule has 152 valence electrons. The Balaban J connectivity index is 0.00000182. The van der Waals surface area contributed by atoms with Crippen molar-refractivity contribution in [2.75, 3.05) is 44.2 Å². The van der Waals surface area contributed by atoms with Crippen LogP contribution in [0, 0.1) is 5.82 Å². The molecular formula is C17H26Cl2FN5O2. The van der Waals surface area contributed by atoms with Gasteiger partial charge >= 0.3 is 0 Å². The number of nitrogens with two attached hydrogens (primary N) is 1. The smallest absolute Gasteiger partial charge is 0.239 e. The molecule has 2 heterocycles. The summed E-state index contributed by atoms with van der Waals surface area (Å²) >= 11 is 0. The van der Waals surface area contributed by atoms with E-state index in [1.807, 2.05) is 4.90 Å². The molecule has 7 nitrogen and oxygen atoms in total. The van der Waals surface area contributed by atoms with E-state index < -0.39 is 0 Å². The average molecular weight is 422 g/mol. The van der Waals surface area contributed by atoms with Gasteiger partial charge in [0.2, 0.25) is 11.8 Å². The molecule has 1 aromatic carbocycles. The summed E-state index contributed by atoms with van der Waals surface area (Å²) in [6.07, 6.45) is 0.586. The highest BCUT2D eigenvalue weighted by Crippen LogP contribution is 2.18. The minimum Gasteiger partial charge on any atom is -0.368 e. The number of hydrogen-bond donors (Lipinski definition) is 3. The van der Waals surface area contributed by atoms with Gasteiger partial charge in [0.25, 0.3) is 0 Å². The maximum atomic E-state index is 13.0. The van der Waals surface area contributed by atoms with E-state index in [0.29, 0.717) is 26.1 Å². The van der Waals surface area contributed by atoms with E-state index in [0.717, 1.165) is 18.8 Å². The number of piperazine rings is 1. The van der Waals surface area contributed by atoms with Gasteiger partial charge in [0.1, 0.15) is 5.82 Å². The Morgan fingerprint density at radius 3 is 2.37 bits per heavy atom. The van der Waals surface area contributed by atoms with Crippen LogP contribution in [0.5, 0.6) is 0 Å². The normalized spacial score (nSPS) is 21.9. The van der Waals surface area contributed by atoms with E-state index in [4.69, 9.17) is 5.73 Å². The van der Waals surface area contributed by atoms with Gasteiger partial charge in [-0.3, -0.25) is 9.59 Å². The SMILES string of the molecule is Cl.Cl.NCC(=O)NC1CN[C@@H](C(=O)N2CCN(c3ccc(F)cc3)CC2)C1. The van der Waals surface area contributed by atoms with Crippen LogP contribution in [0.15, 0.2) is 24.3 Å². The number of anilines is 1. The summed E-state index contributed by atoms with van der Waals surface area (Å²) in [5.41, 5.74) is 6.27. The second kappa shape index (κ2) is 10.7. The van der Waals surface area contributed by atoms with Crippen LogP contribution in [0.3, 0.4) is 0 Å². The molecule has 0 aliphatic carbocycles. The van der Waals surface area contributed by atoms with Gasteiger partial charge < -0.3 is 26.2 Å². The van der Waals surface area contributed by atoms with Crippen molar-refractivity contribution in [2.24, 2.45) is 5.73 Å². The van der Waals surface area contributed by atoms with Crippen molar-refractivity contribution in [2.45, 2.75) is 18.5 Å². The molecule has 2 saturated heterocycles. The van der Waals surface area contributed by atoms with Crippen LogP contribution in [0.4, 0.5) is 10.1 Å². The van der Waals surface area contributed by atoms with Gasteiger partial charge in [0, 0.05) is 44.5 Å². The van der Waals surface area contributed by atoms with Gasteiger partial charge in [-0.1, -0.05) is 0 Å². The Hall–Kier alpha value is -1.61. The molecule has 0 aromatic heterocycles. The highest BCUT2D eigenvalue weighted by molar-refractivity contribution is 5.85. The molecule has 2 aliphatic rings. The van der Waals surface area contributed by atoms with Gasteiger partial charge in [-0.2, -0.15) is 0 Å². The number of amides is 2. The number of halogens is 3. The van der Waals surface area contributed by atoms with Crippen molar-refractivity contribution in [1.82, 2.24) is 15.5 Å². The van der Waals surface area contributed by atoms with Crippen LogP contribution >= 0.6 is 24.8 Å². The first-order valence-corrected chi connectivity index (χ1v) is 8.59. The minimum absolute atomic E-state index is 0. The van der Waals surface area contributed by atoms with Crippen LogP contribution in [-0.4, -0.2) is 68.1 Å². The Morgan fingerprint density at radius 2 is 1.78 bits per heavy atom. The number of carbonyl (C=O) groups excluding carboxylic acids is 2. The molecule has 3 rings (SSSR count). The third-order valence-corrected chi connectivity index (χ3v) is 4.76. The molecule has 2 amide bonds. The summed E-state index contributed by atoms with van der Waals surface area (Å²) in [5.74, 6) is -0.378. The molecule has 4 N–H and O–H groups in total. The van der Waals surface area contributed by atoms with Gasteiger partial charge in [-0.15, -0.1) is 24.8 Å². The molecule has 2 aliphatic heterocycles. The van der Waals surface area contributed by atoms with E-state index in [1.165, 1.54) is 12.1 Å². The molecule has 0 spiro atoms. The molecule has 0 radical (unpaired) electrons.